The first-order valence-corrected chi connectivity index (χ1v) is 5.99. The highest BCUT2D eigenvalue weighted by atomic mass is 32.1. The summed E-state index contributed by atoms with van der Waals surface area (Å²) in [7, 11) is 1.99. The van der Waals surface area contributed by atoms with E-state index in [4.69, 9.17) is 0 Å². The summed E-state index contributed by atoms with van der Waals surface area (Å²) in [5.74, 6) is 0.693. The van der Waals surface area contributed by atoms with Crippen molar-refractivity contribution in [2.24, 2.45) is 5.92 Å². The third-order valence-corrected chi connectivity index (χ3v) is 3.65. The van der Waals surface area contributed by atoms with Gasteiger partial charge in [0.15, 0.2) is 0 Å². The van der Waals surface area contributed by atoms with E-state index < -0.39 is 0 Å². The van der Waals surface area contributed by atoms with Gasteiger partial charge in [-0.3, -0.25) is 0 Å². The molecule has 0 spiro atoms. The molecule has 1 heterocycles. The van der Waals surface area contributed by atoms with Crippen molar-refractivity contribution in [2.45, 2.75) is 40.2 Å². The molecule has 14 heavy (non-hydrogen) atoms. The van der Waals surface area contributed by atoms with E-state index in [1.807, 2.05) is 18.4 Å². The molecule has 0 amide bonds. The molecule has 0 saturated heterocycles. The lowest BCUT2D eigenvalue weighted by atomic mass is 10.1. The standard InChI is InChI=1S/C11H20N2S/c1-7(2)6-10-13-9(4)11(14-10)8(3)12-5/h7-8,12H,6H2,1-5H3. The van der Waals surface area contributed by atoms with Crippen LogP contribution in [-0.4, -0.2) is 12.0 Å². The highest BCUT2D eigenvalue weighted by Crippen LogP contribution is 2.26. The summed E-state index contributed by atoms with van der Waals surface area (Å²) >= 11 is 1.85. The second kappa shape index (κ2) is 4.89. The van der Waals surface area contributed by atoms with Crippen LogP contribution >= 0.6 is 11.3 Å². The molecule has 2 nitrogen and oxygen atoms in total. The lowest BCUT2D eigenvalue weighted by Crippen LogP contribution is -2.11. The fourth-order valence-electron chi connectivity index (χ4n) is 1.44. The maximum absolute atomic E-state index is 4.60. The van der Waals surface area contributed by atoms with Gasteiger partial charge in [0.05, 0.1) is 10.7 Å². The van der Waals surface area contributed by atoms with Gasteiger partial charge in [-0.2, -0.15) is 0 Å². The fourth-order valence-corrected chi connectivity index (χ4v) is 2.78. The largest absolute Gasteiger partial charge is 0.312 e. The summed E-state index contributed by atoms with van der Waals surface area (Å²) in [6.45, 7) is 8.75. The van der Waals surface area contributed by atoms with Crippen molar-refractivity contribution in [1.82, 2.24) is 10.3 Å². The molecule has 0 aliphatic heterocycles. The molecule has 0 aliphatic rings. The zero-order valence-corrected chi connectivity index (χ0v) is 10.5. The second-order valence-electron chi connectivity index (χ2n) is 4.17. The predicted molar refractivity (Wildman–Crippen MR) is 62.9 cm³/mol. The Kier molecular flexibility index (Phi) is 4.08. The van der Waals surface area contributed by atoms with Gasteiger partial charge in [-0.1, -0.05) is 13.8 Å². The van der Waals surface area contributed by atoms with Gasteiger partial charge in [0.2, 0.25) is 0 Å². The molecule has 1 aromatic heterocycles. The molecule has 0 radical (unpaired) electrons. The normalized spacial score (nSPS) is 13.6. The molecule has 0 fully saturated rings. The van der Waals surface area contributed by atoms with Gasteiger partial charge in [-0.15, -0.1) is 11.3 Å². The smallest absolute Gasteiger partial charge is 0.0934 e. The van der Waals surface area contributed by atoms with Gasteiger partial charge < -0.3 is 5.32 Å². The molecular formula is C11H20N2S. The predicted octanol–water partition coefficient (Wildman–Crippen LogP) is 2.93. The number of nitrogens with zero attached hydrogens (tertiary/aromatic N) is 1. The third kappa shape index (κ3) is 2.79. The van der Waals surface area contributed by atoms with Gasteiger partial charge in [-0.25, -0.2) is 4.98 Å². The third-order valence-electron chi connectivity index (χ3n) is 2.29. The van der Waals surface area contributed by atoms with E-state index in [2.05, 4.69) is 38.0 Å². The molecule has 0 aliphatic carbocycles. The van der Waals surface area contributed by atoms with Crippen molar-refractivity contribution >= 4 is 11.3 Å². The van der Waals surface area contributed by atoms with Crippen molar-refractivity contribution in [3.05, 3.63) is 15.6 Å². The SMILES string of the molecule is CNC(C)c1sc(CC(C)C)nc1C. The molecule has 3 heteroatoms. The number of aryl methyl sites for hydroxylation is 1. The summed E-state index contributed by atoms with van der Waals surface area (Å²) in [4.78, 5) is 5.98. The van der Waals surface area contributed by atoms with Crippen LogP contribution in [0.4, 0.5) is 0 Å². The first-order valence-electron chi connectivity index (χ1n) is 5.18. The summed E-state index contributed by atoms with van der Waals surface area (Å²) in [5, 5.41) is 4.53. The minimum atomic E-state index is 0.424. The molecule has 1 atom stereocenters. The summed E-state index contributed by atoms with van der Waals surface area (Å²) in [6, 6.07) is 0.424. The van der Waals surface area contributed by atoms with Crippen LogP contribution in [-0.2, 0) is 6.42 Å². The van der Waals surface area contributed by atoms with Gasteiger partial charge in [0.25, 0.3) is 0 Å². The zero-order valence-electron chi connectivity index (χ0n) is 9.72. The average Bonchev–Trinajstić information content (AvgIpc) is 2.44. The highest BCUT2D eigenvalue weighted by molar-refractivity contribution is 7.11. The van der Waals surface area contributed by atoms with Crippen LogP contribution in [0.1, 0.15) is 42.4 Å². The maximum atomic E-state index is 4.60. The van der Waals surface area contributed by atoms with E-state index in [1.165, 1.54) is 15.6 Å². The molecule has 1 rings (SSSR count). The van der Waals surface area contributed by atoms with E-state index in [1.54, 1.807) is 0 Å². The Hall–Kier alpha value is -0.410. The number of hydrogen-bond acceptors (Lipinski definition) is 3. The van der Waals surface area contributed by atoms with Gasteiger partial charge in [0.1, 0.15) is 0 Å². The first kappa shape index (κ1) is 11.7. The lowest BCUT2D eigenvalue weighted by molar-refractivity contribution is 0.642. The Morgan fingerprint density at radius 2 is 2.00 bits per heavy atom. The quantitative estimate of drug-likeness (QED) is 0.830. The average molecular weight is 212 g/mol. The van der Waals surface area contributed by atoms with E-state index in [9.17, 15) is 0 Å². The second-order valence-corrected chi connectivity index (χ2v) is 5.28. The van der Waals surface area contributed by atoms with Crippen molar-refractivity contribution in [3.63, 3.8) is 0 Å². The van der Waals surface area contributed by atoms with Crippen LogP contribution in [0.25, 0.3) is 0 Å². The first-order chi connectivity index (χ1) is 6.54. The molecule has 1 unspecified atom stereocenters. The van der Waals surface area contributed by atoms with E-state index in [0.29, 0.717) is 12.0 Å². The zero-order chi connectivity index (χ0) is 10.7. The molecule has 1 N–H and O–H groups in total. The van der Waals surface area contributed by atoms with Crippen LogP contribution in [0.5, 0.6) is 0 Å². The number of aromatic nitrogens is 1. The summed E-state index contributed by atoms with van der Waals surface area (Å²) < 4.78 is 0. The molecule has 0 bridgehead atoms. The number of rotatable bonds is 4. The van der Waals surface area contributed by atoms with Crippen LogP contribution in [0, 0.1) is 12.8 Å². The Balaban J connectivity index is 2.82. The van der Waals surface area contributed by atoms with Crippen LogP contribution < -0.4 is 5.32 Å². The molecule has 1 aromatic rings. The fraction of sp³-hybridized carbons (Fsp3) is 0.727. The topological polar surface area (TPSA) is 24.9 Å². The van der Waals surface area contributed by atoms with Crippen molar-refractivity contribution in [1.29, 1.82) is 0 Å². The van der Waals surface area contributed by atoms with Crippen LogP contribution in [0.2, 0.25) is 0 Å². The minimum Gasteiger partial charge on any atom is -0.312 e. The van der Waals surface area contributed by atoms with Crippen LogP contribution in [0.15, 0.2) is 0 Å². The van der Waals surface area contributed by atoms with Crippen molar-refractivity contribution in [3.8, 4) is 0 Å². The summed E-state index contributed by atoms with van der Waals surface area (Å²) in [6.07, 6.45) is 1.10. The Labute approximate surface area is 90.8 Å². The number of hydrogen-bond donors (Lipinski definition) is 1. The Bertz CT molecular complexity index is 291. The minimum absolute atomic E-state index is 0.424. The number of thiazole rings is 1. The Morgan fingerprint density at radius 3 is 2.50 bits per heavy atom. The lowest BCUT2D eigenvalue weighted by Gasteiger charge is -2.07. The molecular weight excluding hydrogens is 192 g/mol. The maximum Gasteiger partial charge on any atom is 0.0934 e. The van der Waals surface area contributed by atoms with Gasteiger partial charge in [0, 0.05) is 17.3 Å². The van der Waals surface area contributed by atoms with E-state index in [-0.39, 0.29) is 0 Å². The molecule has 0 aromatic carbocycles. The van der Waals surface area contributed by atoms with Crippen LogP contribution in [0.3, 0.4) is 0 Å². The number of nitrogens with one attached hydrogen (secondary N) is 1. The van der Waals surface area contributed by atoms with Crippen molar-refractivity contribution in [2.75, 3.05) is 7.05 Å². The van der Waals surface area contributed by atoms with E-state index in [0.717, 1.165) is 6.42 Å². The monoisotopic (exact) mass is 212 g/mol. The molecule has 80 valence electrons. The van der Waals surface area contributed by atoms with Gasteiger partial charge >= 0.3 is 0 Å². The van der Waals surface area contributed by atoms with Crippen molar-refractivity contribution < 1.29 is 0 Å². The van der Waals surface area contributed by atoms with Gasteiger partial charge in [-0.05, 0) is 26.8 Å². The Morgan fingerprint density at radius 1 is 1.36 bits per heavy atom. The van der Waals surface area contributed by atoms with E-state index >= 15 is 0 Å². The highest BCUT2D eigenvalue weighted by Gasteiger charge is 2.13. The molecule has 0 saturated carbocycles. The summed E-state index contributed by atoms with van der Waals surface area (Å²) in [5.41, 5.74) is 1.19.